The Bertz CT molecular complexity index is 1120. The smallest absolute Gasteiger partial charge is 0.246 e. The van der Waals surface area contributed by atoms with E-state index >= 15 is 0 Å². The summed E-state index contributed by atoms with van der Waals surface area (Å²) in [7, 11) is 0. The van der Waals surface area contributed by atoms with Crippen molar-refractivity contribution in [2.24, 2.45) is 0 Å². The van der Waals surface area contributed by atoms with Gasteiger partial charge in [0, 0.05) is 31.7 Å². The minimum atomic E-state index is 0.0200. The van der Waals surface area contributed by atoms with Gasteiger partial charge in [-0.1, -0.05) is 42.5 Å². The maximum Gasteiger partial charge on any atom is 0.246 e. The molecule has 0 N–H and O–H groups in total. The third-order valence-electron chi connectivity index (χ3n) is 5.18. The first-order valence-corrected chi connectivity index (χ1v) is 10.7. The van der Waals surface area contributed by atoms with Gasteiger partial charge in [-0.05, 0) is 17.3 Å². The van der Waals surface area contributed by atoms with Crippen molar-refractivity contribution in [1.82, 2.24) is 35.0 Å². The molecule has 9 heteroatoms. The third kappa shape index (κ3) is 4.07. The average Bonchev–Trinajstić information content (AvgIpc) is 3.41. The van der Waals surface area contributed by atoms with Gasteiger partial charge >= 0.3 is 0 Å². The Morgan fingerprint density at radius 2 is 1.73 bits per heavy atom. The van der Waals surface area contributed by atoms with Crippen molar-refractivity contribution in [3.8, 4) is 11.4 Å². The fourth-order valence-electron chi connectivity index (χ4n) is 3.57. The summed E-state index contributed by atoms with van der Waals surface area (Å²) in [5.41, 5.74) is 1.95. The van der Waals surface area contributed by atoms with Crippen LogP contribution in [-0.2, 0) is 17.9 Å². The lowest BCUT2D eigenvalue weighted by Crippen LogP contribution is -2.49. The van der Waals surface area contributed by atoms with E-state index in [1.807, 2.05) is 53.4 Å². The molecule has 0 saturated carbocycles. The first kappa shape index (κ1) is 18.8. The molecule has 0 unspecified atom stereocenters. The van der Waals surface area contributed by atoms with Crippen molar-refractivity contribution in [1.29, 1.82) is 0 Å². The average molecular weight is 420 g/mol. The maximum absolute atomic E-state index is 12.7. The topological polar surface area (TPSA) is 80.0 Å². The van der Waals surface area contributed by atoms with Crippen LogP contribution >= 0.6 is 11.3 Å². The molecule has 1 fully saturated rings. The molecular weight excluding hydrogens is 398 g/mol. The standard InChI is InChI=1S/C21H21N7OS/c29-20(15-28-24-21(23-25-28)16-6-2-1-3-7-16)27-12-10-26(11-13-27)14-19-22-17-8-4-5-9-18(17)30-19/h1-9H,10-15H2. The molecule has 0 atom stereocenters. The van der Waals surface area contributed by atoms with Gasteiger partial charge < -0.3 is 4.90 Å². The summed E-state index contributed by atoms with van der Waals surface area (Å²) in [4.78, 5) is 23.0. The van der Waals surface area contributed by atoms with Crippen LogP contribution in [0.5, 0.6) is 0 Å². The number of carbonyl (C=O) groups excluding carboxylic acids is 1. The molecule has 30 heavy (non-hydrogen) atoms. The summed E-state index contributed by atoms with van der Waals surface area (Å²) in [5, 5.41) is 13.5. The van der Waals surface area contributed by atoms with Crippen LogP contribution in [0.4, 0.5) is 0 Å². The number of carbonyl (C=O) groups is 1. The van der Waals surface area contributed by atoms with E-state index in [9.17, 15) is 4.79 Å². The molecule has 8 nitrogen and oxygen atoms in total. The number of tetrazole rings is 1. The van der Waals surface area contributed by atoms with Gasteiger partial charge in [0.25, 0.3) is 0 Å². The zero-order valence-corrected chi connectivity index (χ0v) is 17.2. The van der Waals surface area contributed by atoms with Gasteiger partial charge in [0.2, 0.25) is 11.7 Å². The van der Waals surface area contributed by atoms with Gasteiger partial charge in [0.15, 0.2) is 0 Å². The molecular formula is C21H21N7OS. The van der Waals surface area contributed by atoms with Crippen molar-refractivity contribution >= 4 is 27.5 Å². The Labute approximate surface area is 177 Å². The molecule has 1 amide bonds. The number of piperazine rings is 1. The summed E-state index contributed by atoms with van der Waals surface area (Å²) in [6, 6.07) is 17.9. The van der Waals surface area contributed by atoms with Gasteiger partial charge in [-0.25, -0.2) is 4.98 Å². The normalized spacial score (nSPS) is 15.0. The fourth-order valence-corrected chi connectivity index (χ4v) is 4.58. The molecule has 1 saturated heterocycles. The van der Waals surface area contributed by atoms with E-state index < -0.39 is 0 Å². The van der Waals surface area contributed by atoms with E-state index in [2.05, 4.69) is 26.4 Å². The number of fused-ring (bicyclic) bond motifs is 1. The molecule has 3 heterocycles. The number of rotatable bonds is 5. The largest absolute Gasteiger partial charge is 0.338 e. The lowest BCUT2D eigenvalue weighted by molar-refractivity contribution is -0.134. The predicted octanol–water partition coefficient (Wildman–Crippen LogP) is 2.29. The summed E-state index contributed by atoms with van der Waals surface area (Å²) >= 11 is 1.74. The van der Waals surface area contributed by atoms with Crippen molar-refractivity contribution in [3.63, 3.8) is 0 Å². The summed E-state index contributed by atoms with van der Waals surface area (Å²) < 4.78 is 1.22. The number of nitrogens with zero attached hydrogens (tertiary/aromatic N) is 7. The fraction of sp³-hybridized carbons (Fsp3) is 0.286. The highest BCUT2D eigenvalue weighted by Gasteiger charge is 2.23. The number of amides is 1. The molecule has 1 aliphatic rings. The molecule has 0 aliphatic carbocycles. The van der Waals surface area contributed by atoms with Crippen molar-refractivity contribution in [2.45, 2.75) is 13.1 Å². The van der Waals surface area contributed by atoms with Gasteiger partial charge in [0.05, 0.1) is 16.8 Å². The van der Waals surface area contributed by atoms with E-state index in [-0.39, 0.29) is 12.5 Å². The Morgan fingerprint density at radius 1 is 0.967 bits per heavy atom. The van der Waals surface area contributed by atoms with Crippen LogP contribution in [0.15, 0.2) is 54.6 Å². The van der Waals surface area contributed by atoms with Crippen LogP contribution in [0.2, 0.25) is 0 Å². The second-order valence-corrected chi connectivity index (χ2v) is 8.36. The molecule has 4 aromatic rings. The highest BCUT2D eigenvalue weighted by atomic mass is 32.1. The van der Waals surface area contributed by atoms with Crippen LogP contribution < -0.4 is 0 Å². The van der Waals surface area contributed by atoms with Gasteiger partial charge in [-0.15, -0.1) is 21.5 Å². The second kappa shape index (κ2) is 8.29. The van der Waals surface area contributed by atoms with E-state index in [1.165, 1.54) is 9.50 Å². The number of thiazole rings is 1. The van der Waals surface area contributed by atoms with Gasteiger partial charge in [-0.3, -0.25) is 9.69 Å². The molecule has 152 valence electrons. The highest BCUT2D eigenvalue weighted by molar-refractivity contribution is 7.18. The third-order valence-corrected chi connectivity index (χ3v) is 6.20. The summed E-state index contributed by atoms with van der Waals surface area (Å²) in [6.45, 7) is 4.00. The minimum absolute atomic E-state index is 0.0200. The molecule has 0 bridgehead atoms. The Morgan fingerprint density at radius 3 is 2.53 bits per heavy atom. The zero-order valence-electron chi connectivity index (χ0n) is 16.4. The maximum atomic E-state index is 12.7. The van der Waals surface area contributed by atoms with Gasteiger partial charge in [-0.2, -0.15) is 4.80 Å². The van der Waals surface area contributed by atoms with Crippen LogP contribution in [0.3, 0.4) is 0 Å². The van der Waals surface area contributed by atoms with E-state index in [1.54, 1.807) is 11.3 Å². The number of aromatic nitrogens is 5. The van der Waals surface area contributed by atoms with Crippen molar-refractivity contribution < 1.29 is 4.79 Å². The first-order chi connectivity index (χ1) is 14.7. The second-order valence-electron chi connectivity index (χ2n) is 7.24. The first-order valence-electron chi connectivity index (χ1n) is 9.92. The zero-order chi connectivity index (χ0) is 20.3. The lowest BCUT2D eigenvalue weighted by Gasteiger charge is -2.34. The summed E-state index contributed by atoms with van der Waals surface area (Å²) in [5.74, 6) is 0.552. The van der Waals surface area contributed by atoms with E-state index in [0.717, 1.165) is 35.7 Å². The Balaban J connectivity index is 1.15. The molecule has 1 aliphatic heterocycles. The molecule has 0 spiro atoms. The number of benzene rings is 2. The van der Waals surface area contributed by atoms with Crippen molar-refractivity contribution in [3.05, 3.63) is 59.6 Å². The number of hydrogen-bond donors (Lipinski definition) is 0. The number of para-hydroxylation sites is 1. The minimum Gasteiger partial charge on any atom is -0.338 e. The highest BCUT2D eigenvalue weighted by Crippen LogP contribution is 2.23. The van der Waals surface area contributed by atoms with Gasteiger partial charge in [0.1, 0.15) is 11.6 Å². The Hall–Kier alpha value is -3.17. The van der Waals surface area contributed by atoms with Crippen LogP contribution in [0, 0.1) is 0 Å². The molecule has 5 rings (SSSR count). The molecule has 0 radical (unpaired) electrons. The predicted molar refractivity (Wildman–Crippen MR) is 115 cm³/mol. The van der Waals surface area contributed by atoms with E-state index in [4.69, 9.17) is 4.98 Å². The lowest BCUT2D eigenvalue weighted by atomic mass is 10.2. The summed E-state index contributed by atoms with van der Waals surface area (Å²) in [6.07, 6.45) is 0. The van der Waals surface area contributed by atoms with Crippen LogP contribution in [-0.4, -0.2) is 67.1 Å². The quantitative estimate of drug-likeness (QED) is 0.494. The van der Waals surface area contributed by atoms with Crippen LogP contribution in [0.1, 0.15) is 5.01 Å². The number of hydrogen-bond acceptors (Lipinski definition) is 7. The van der Waals surface area contributed by atoms with Crippen LogP contribution in [0.25, 0.3) is 21.6 Å². The molecule has 2 aromatic carbocycles. The van der Waals surface area contributed by atoms with Crippen molar-refractivity contribution in [2.75, 3.05) is 26.2 Å². The Kier molecular flexibility index (Phi) is 5.20. The van der Waals surface area contributed by atoms with E-state index in [0.29, 0.717) is 18.9 Å². The molecule has 2 aromatic heterocycles. The SMILES string of the molecule is O=C(Cn1nnc(-c2ccccc2)n1)N1CCN(Cc2nc3ccccc3s2)CC1. The monoisotopic (exact) mass is 419 g/mol.